The average Bonchev–Trinajstić information content (AvgIpc) is 3.28. The second kappa shape index (κ2) is 12.4. The molecule has 0 aromatic carbocycles. The maximum atomic E-state index is 12.4. The molecule has 1 heterocycles. The summed E-state index contributed by atoms with van der Waals surface area (Å²) in [7, 11) is 0. The van der Waals surface area contributed by atoms with Crippen LogP contribution in [0.25, 0.3) is 0 Å². The number of ether oxygens (including phenoxy) is 2. The summed E-state index contributed by atoms with van der Waals surface area (Å²) in [6.45, 7) is 4.81. The Morgan fingerprint density at radius 2 is 1.90 bits per heavy atom. The third kappa shape index (κ3) is 7.03. The van der Waals surface area contributed by atoms with Gasteiger partial charge in [0.05, 0.1) is 19.3 Å². The normalized spacial score (nSPS) is 26.8. The number of allylic oxidation sites excluding steroid dienone is 3. The number of aliphatic hydroxyl groups excluding tert-OH is 1. The zero-order valence-electron chi connectivity index (χ0n) is 18.4. The number of carboxylic acids is 1. The lowest BCUT2D eigenvalue weighted by molar-refractivity contribution is -0.184. The van der Waals surface area contributed by atoms with Gasteiger partial charge in [0, 0.05) is 24.7 Å². The van der Waals surface area contributed by atoms with Gasteiger partial charge in [-0.2, -0.15) is 0 Å². The van der Waals surface area contributed by atoms with Gasteiger partial charge in [-0.3, -0.25) is 9.59 Å². The highest BCUT2D eigenvalue weighted by atomic mass is 16.7. The summed E-state index contributed by atoms with van der Waals surface area (Å²) in [5.41, 5.74) is 0. The predicted octanol–water partition coefficient (Wildman–Crippen LogP) is 4.27. The van der Waals surface area contributed by atoms with Crippen LogP contribution in [0.4, 0.5) is 0 Å². The molecule has 0 bridgehead atoms. The van der Waals surface area contributed by atoms with E-state index in [4.69, 9.17) is 14.6 Å². The van der Waals surface area contributed by atoms with Crippen LogP contribution in [-0.4, -0.2) is 47.1 Å². The van der Waals surface area contributed by atoms with E-state index in [1.807, 2.05) is 18.2 Å². The number of aliphatic carboxylic acids is 1. The van der Waals surface area contributed by atoms with Crippen molar-refractivity contribution in [1.82, 2.24) is 0 Å². The molecule has 6 nitrogen and oxygen atoms in total. The number of ketones is 1. The summed E-state index contributed by atoms with van der Waals surface area (Å²) < 4.78 is 12.1. The van der Waals surface area contributed by atoms with Crippen LogP contribution in [0.5, 0.6) is 0 Å². The molecule has 2 aliphatic rings. The lowest BCUT2D eigenvalue weighted by Crippen LogP contribution is -2.36. The highest BCUT2D eigenvalue weighted by Crippen LogP contribution is 2.51. The van der Waals surface area contributed by atoms with Crippen molar-refractivity contribution in [2.45, 2.75) is 83.5 Å². The molecule has 1 spiro atoms. The maximum Gasteiger partial charge on any atom is 0.303 e. The van der Waals surface area contributed by atoms with Gasteiger partial charge >= 0.3 is 5.97 Å². The molecular weight excluding hydrogens is 384 g/mol. The molecule has 30 heavy (non-hydrogen) atoms. The second-order valence-electron chi connectivity index (χ2n) is 8.55. The molecule has 0 amide bonds. The van der Waals surface area contributed by atoms with Gasteiger partial charge in [0.25, 0.3) is 0 Å². The number of aliphatic hydroxyl groups is 1. The fourth-order valence-electron chi connectivity index (χ4n) is 4.68. The number of carbonyl (C=O) groups excluding carboxylic acids is 1. The first-order chi connectivity index (χ1) is 14.4. The minimum absolute atomic E-state index is 0.0104. The molecule has 0 aromatic heterocycles. The fourth-order valence-corrected chi connectivity index (χ4v) is 4.68. The molecule has 1 aliphatic heterocycles. The monoisotopic (exact) mass is 422 g/mol. The van der Waals surface area contributed by atoms with Crippen molar-refractivity contribution in [2.24, 2.45) is 17.8 Å². The predicted molar refractivity (Wildman–Crippen MR) is 115 cm³/mol. The molecule has 1 saturated heterocycles. The van der Waals surface area contributed by atoms with Gasteiger partial charge < -0.3 is 19.7 Å². The van der Waals surface area contributed by atoms with E-state index in [0.29, 0.717) is 38.9 Å². The highest BCUT2D eigenvalue weighted by Gasteiger charge is 2.57. The number of unbranched alkanes of at least 4 members (excludes halogenated alkanes) is 3. The Kier molecular flexibility index (Phi) is 10.2. The number of carboxylic acid groups (broad SMARTS) is 1. The van der Waals surface area contributed by atoms with Gasteiger partial charge in [-0.1, -0.05) is 50.5 Å². The van der Waals surface area contributed by atoms with Crippen LogP contribution in [0.3, 0.4) is 0 Å². The van der Waals surface area contributed by atoms with E-state index < -0.39 is 17.9 Å². The van der Waals surface area contributed by atoms with Crippen LogP contribution in [0.15, 0.2) is 24.3 Å². The van der Waals surface area contributed by atoms with Crippen molar-refractivity contribution < 1.29 is 29.3 Å². The van der Waals surface area contributed by atoms with E-state index in [-0.39, 0.29) is 30.0 Å². The van der Waals surface area contributed by atoms with E-state index in [2.05, 4.69) is 13.0 Å². The SMILES string of the molecule is CCCCCC(O)C=CC1C(C(C)=O)CC2(OCCO2)C1CC=CCCCC(=O)O. The summed E-state index contributed by atoms with van der Waals surface area (Å²) >= 11 is 0. The van der Waals surface area contributed by atoms with Gasteiger partial charge in [0.15, 0.2) is 5.79 Å². The van der Waals surface area contributed by atoms with Crippen molar-refractivity contribution in [3.63, 3.8) is 0 Å². The number of hydrogen-bond donors (Lipinski definition) is 2. The number of rotatable bonds is 13. The first-order valence-corrected chi connectivity index (χ1v) is 11.4. The summed E-state index contributed by atoms with van der Waals surface area (Å²) in [6.07, 6.45) is 14.1. The Bertz CT molecular complexity index is 605. The molecule has 170 valence electrons. The van der Waals surface area contributed by atoms with E-state index in [1.54, 1.807) is 6.92 Å². The van der Waals surface area contributed by atoms with Crippen LogP contribution >= 0.6 is 0 Å². The van der Waals surface area contributed by atoms with Crippen LogP contribution in [0, 0.1) is 17.8 Å². The van der Waals surface area contributed by atoms with E-state index in [9.17, 15) is 14.7 Å². The Balaban J connectivity index is 2.08. The van der Waals surface area contributed by atoms with Crippen LogP contribution in [0.1, 0.15) is 71.6 Å². The Morgan fingerprint density at radius 3 is 2.53 bits per heavy atom. The smallest absolute Gasteiger partial charge is 0.303 e. The average molecular weight is 423 g/mol. The van der Waals surface area contributed by atoms with Crippen molar-refractivity contribution in [1.29, 1.82) is 0 Å². The standard InChI is InChI=1S/C24H38O6/c1-3-4-7-10-19(26)13-14-20-21(18(2)25)17-24(29-15-16-30-24)22(20)11-8-5-6-9-12-23(27)28/h5,8,13-14,19-22,26H,3-4,6-7,9-12,15-17H2,1-2H3,(H,27,28). The second-order valence-corrected chi connectivity index (χ2v) is 8.55. The quantitative estimate of drug-likeness (QED) is 0.340. The number of Topliss-reactive ketones (excluding diaryl/α,β-unsaturated/α-hetero) is 1. The summed E-state index contributed by atoms with van der Waals surface area (Å²) in [5, 5.41) is 19.1. The molecule has 2 N–H and O–H groups in total. The summed E-state index contributed by atoms with van der Waals surface area (Å²) in [6, 6.07) is 0. The topological polar surface area (TPSA) is 93.1 Å². The largest absolute Gasteiger partial charge is 0.481 e. The fraction of sp³-hybridized carbons (Fsp3) is 0.750. The van der Waals surface area contributed by atoms with Crippen LogP contribution < -0.4 is 0 Å². The summed E-state index contributed by atoms with van der Waals surface area (Å²) in [5.74, 6) is -1.65. The lowest BCUT2D eigenvalue weighted by atomic mass is 9.83. The third-order valence-corrected chi connectivity index (χ3v) is 6.27. The van der Waals surface area contributed by atoms with Gasteiger partial charge in [-0.15, -0.1) is 0 Å². The highest BCUT2D eigenvalue weighted by molar-refractivity contribution is 5.79. The Hall–Kier alpha value is -1.50. The Morgan fingerprint density at radius 1 is 1.17 bits per heavy atom. The first-order valence-electron chi connectivity index (χ1n) is 11.4. The molecule has 2 fully saturated rings. The molecule has 0 radical (unpaired) electrons. The molecule has 4 atom stereocenters. The van der Waals surface area contributed by atoms with Gasteiger partial charge in [-0.05, 0) is 38.5 Å². The van der Waals surface area contributed by atoms with Gasteiger partial charge in [0.2, 0.25) is 0 Å². The van der Waals surface area contributed by atoms with Gasteiger partial charge in [-0.25, -0.2) is 0 Å². The van der Waals surface area contributed by atoms with Gasteiger partial charge in [0.1, 0.15) is 5.78 Å². The first kappa shape index (κ1) is 24.8. The molecule has 4 unspecified atom stereocenters. The molecule has 2 rings (SSSR count). The number of hydrogen-bond acceptors (Lipinski definition) is 5. The van der Waals surface area contributed by atoms with Crippen molar-refractivity contribution in [2.75, 3.05) is 13.2 Å². The van der Waals surface area contributed by atoms with Crippen LogP contribution in [-0.2, 0) is 19.1 Å². The van der Waals surface area contributed by atoms with Crippen molar-refractivity contribution in [3.05, 3.63) is 24.3 Å². The van der Waals surface area contributed by atoms with Crippen molar-refractivity contribution >= 4 is 11.8 Å². The molecule has 1 saturated carbocycles. The Labute approximate surface area is 180 Å². The minimum Gasteiger partial charge on any atom is -0.481 e. The molecule has 6 heteroatoms. The third-order valence-electron chi connectivity index (χ3n) is 6.27. The van der Waals surface area contributed by atoms with E-state index >= 15 is 0 Å². The lowest BCUT2D eigenvalue weighted by Gasteiger charge is -2.30. The van der Waals surface area contributed by atoms with Crippen LogP contribution in [0.2, 0.25) is 0 Å². The molecular formula is C24H38O6. The zero-order valence-corrected chi connectivity index (χ0v) is 18.4. The summed E-state index contributed by atoms with van der Waals surface area (Å²) in [4.78, 5) is 23.0. The van der Waals surface area contributed by atoms with E-state index in [0.717, 1.165) is 25.7 Å². The molecule has 1 aliphatic carbocycles. The molecule has 0 aromatic rings. The minimum atomic E-state index is -0.780. The van der Waals surface area contributed by atoms with E-state index in [1.165, 1.54) is 0 Å². The van der Waals surface area contributed by atoms with Crippen molar-refractivity contribution in [3.8, 4) is 0 Å². The number of carbonyl (C=O) groups is 2. The maximum absolute atomic E-state index is 12.4. The zero-order chi connectivity index (χ0) is 22.0.